The van der Waals surface area contributed by atoms with Gasteiger partial charge in [-0.25, -0.2) is 9.18 Å². The highest BCUT2D eigenvalue weighted by molar-refractivity contribution is 5.89. The van der Waals surface area contributed by atoms with E-state index in [1.807, 2.05) is 37.2 Å². The first kappa shape index (κ1) is 16.9. The minimum Gasteiger partial charge on any atom is -0.317 e. The van der Waals surface area contributed by atoms with Crippen LogP contribution in [0.3, 0.4) is 0 Å². The summed E-state index contributed by atoms with van der Waals surface area (Å²) in [5.74, 6) is -0.332. The number of halogens is 1. The molecule has 0 saturated carbocycles. The van der Waals surface area contributed by atoms with Gasteiger partial charge in [-0.15, -0.1) is 0 Å². The Bertz CT molecular complexity index is 616. The van der Waals surface area contributed by atoms with Gasteiger partial charge in [-0.2, -0.15) is 0 Å². The Morgan fingerprint density at radius 1 is 1.13 bits per heavy atom. The summed E-state index contributed by atoms with van der Waals surface area (Å²) < 4.78 is 12.9. The van der Waals surface area contributed by atoms with E-state index in [1.54, 1.807) is 11.1 Å². The Morgan fingerprint density at radius 2 is 1.87 bits per heavy atom. The minimum absolute atomic E-state index is 0.232. The van der Waals surface area contributed by atoms with Crippen LogP contribution in [0.2, 0.25) is 0 Å². The van der Waals surface area contributed by atoms with Crippen LogP contribution >= 0.6 is 0 Å². The number of benzene rings is 1. The van der Waals surface area contributed by atoms with Crippen LogP contribution in [-0.2, 0) is 6.54 Å². The van der Waals surface area contributed by atoms with Crippen LogP contribution in [0.4, 0.5) is 14.9 Å². The molecule has 122 valence electrons. The monoisotopic (exact) mass is 316 g/mol. The van der Waals surface area contributed by atoms with Crippen LogP contribution in [0.25, 0.3) is 0 Å². The smallest absolute Gasteiger partial charge is 0.317 e. The third-order valence-corrected chi connectivity index (χ3v) is 3.28. The van der Waals surface area contributed by atoms with E-state index in [0.717, 1.165) is 12.2 Å². The molecule has 1 aromatic heterocycles. The lowest BCUT2D eigenvalue weighted by molar-refractivity contribution is 0.201. The number of likely N-dealkylation sites (N-methyl/N-ethyl adjacent to an activating group) is 1. The summed E-state index contributed by atoms with van der Waals surface area (Å²) in [5.41, 5.74) is 1.38. The zero-order chi connectivity index (χ0) is 16.7. The van der Waals surface area contributed by atoms with Crippen molar-refractivity contribution in [3.05, 3.63) is 60.2 Å². The van der Waals surface area contributed by atoms with Crippen molar-refractivity contribution in [2.24, 2.45) is 0 Å². The highest BCUT2D eigenvalue weighted by atomic mass is 19.1. The van der Waals surface area contributed by atoms with Gasteiger partial charge in [0.05, 0.1) is 12.2 Å². The van der Waals surface area contributed by atoms with Crippen molar-refractivity contribution in [2.75, 3.05) is 32.5 Å². The van der Waals surface area contributed by atoms with E-state index in [2.05, 4.69) is 10.3 Å². The maximum Gasteiger partial charge on any atom is 0.322 e. The number of carbonyl (C=O) groups excluding carboxylic acids is 1. The number of pyridine rings is 1. The molecule has 23 heavy (non-hydrogen) atoms. The molecule has 0 atom stereocenters. The van der Waals surface area contributed by atoms with E-state index >= 15 is 0 Å². The normalized spacial score (nSPS) is 10.6. The Kier molecular flexibility index (Phi) is 6.05. The van der Waals surface area contributed by atoms with Gasteiger partial charge in [-0.05, 0) is 50.5 Å². The average Bonchev–Trinajstić information content (AvgIpc) is 2.54. The molecule has 1 N–H and O–H groups in total. The van der Waals surface area contributed by atoms with Gasteiger partial charge in [0, 0.05) is 25.0 Å². The highest BCUT2D eigenvalue weighted by Gasteiger charge is 2.15. The molecular formula is C17H21FN4O. The fourth-order valence-electron chi connectivity index (χ4n) is 2.00. The first-order valence-corrected chi connectivity index (χ1v) is 7.41. The van der Waals surface area contributed by atoms with E-state index in [9.17, 15) is 9.18 Å². The van der Waals surface area contributed by atoms with Gasteiger partial charge in [0.1, 0.15) is 5.82 Å². The summed E-state index contributed by atoms with van der Waals surface area (Å²) >= 11 is 0. The lowest BCUT2D eigenvalue weighted by Gasteiger charge is -2.24. The molecule has 0 spiro atoms. The second-order valence-electron chi connectivity index (χ2n) is 5.48. The van der Waals surface area contributed by atoms with Gasteiger partial charge in [-0.1, -0.05) is 6.07 Å². The van der Waals surface area contributed by atoms with Crippen LogP contribution in [0.5, 0.6) is 0 Å². The summed E-state index contributed by atoms with van der Waals surface area (Å²) in [4.78, 5) is 20.4. The number of carbonyl (C=O) groups is 1. The van der Waals surface area contributed by atoms with Gasteiger partial charge in [0.25, 0.3) is 0 Å². The standard InChI is InChI=1S/C17H21FN4O/c1-21(2)11-12-22(13-16-5-3-4-10-19-16)17(23)20-15-8-6-14(18)7-9-15/h3-10H,11-13H2,1-2H3,(H,20,23). The number of aromatic nitrogens is 1. The topological polar surface area (TPSA) is 48.5 Å². The molecule has 0 aliphatic rings. The lowest BCUT2D eigenvalue weighted by Crippen LogP contribution is -2.39. The second-order valence-corrected chi connectivity index (χ2v) is 5.48. The first-order chi connectivity index (χ1) is 11.0. The van der Waals surface area contributed by atoms with Crippen LogP contribution in [0.15, 0.2) is 48.7 Å². The summed E-state index contributed by atoms with van der Waals surface area (Å²) in [6.45, 7) is 1.72. The predicted molar refractivity (Wildman–Crippen MR) is 88.6 cm³/mol. The lowest BCUT2D eigenvalue weighted by atomic mass is 10.3. The van der Waals surface area contributed by atoms with Crippen molar-refractivity contribution in [3.63, 3.8) is 0 Å². The van der Waals surface area contributed by atoms with Crippen molar-refractivity contribution >= 4 is 11.7 Å². The molecule has 1 heterocycles. The molecule has 0 bridgehead atoms. The molecule has 2 rings (SSSR count). The zero-order valence-corrected chi connectivity index (χ0v) is 13.4. The molecule has 5 nitrogen and oxygen atoms in total. The van der Waals surface area contributed by atoms with Gasteiger partial charge < -0.3 is 15.1 Å². The van der Waals surface area contributed by atoms with E-state index in [4.69, 9.17) is 0 Å². The Hall–Kier alpha value is -2.47. The summed E-state index contributed by atoms with van der Waals surface area (Å²) in [7, 11) is 3.91. The van der Waals surface area contributed by atoms with E-state index in [1.165, 1.54) is 24.3 Å². The molecule has 2 aromatic rings. The number of nitrogens with one attached hydrogen (secondary N) is 1. The summed E-state index contributed by atoms with van der Waals surface area (Å²) in [5, 5.41) is 2.79. The van der Waals surface area contributed by atoms with Crippen LogP contribution in [0, 0.1) is 5.82 Å². The molecule has 2 amide bonds. The molecule has 6 heteroatoms. The minimum atomic E-state index is -0.332. The van der Waals surface area contributed by atoms with E-state index in [-0.39, 0.29) is 11.8 Å². The van der Waals surface area contributed by atoms with Gasteiger partial charge in [0.2, 0.25) is 0 Å². The molecule has 0 aliphatic heterocycles. The third kappa shape index (κ3) is 5.67. The second kappa shape index (κ2) is 8.24. The fraction of sp³-hybridized carbons (Fsp3) is 0.294. The number of hydrogen-bond acceptors (Lipinski definition) is 3. The molecule has 0 unspecified atom stereocenters. The van der Waals surface area contributed by atoms with Crippen molar-refractivity contribution in [1.29, 1.82) is 0 Å². The summed E-state index contributed by atoms with van der Waals surface area (Å²) in [6, 6.07) is 11.1. The fourth-order valence-corrected chi connectivity index (χ4v) is 2.00. The average molecular weight is 316 g/mol. The Labute approximate surface area is 135 Å². The van der Waals surface area contributed by atoms with Crippen molar-refractivity contribution in [3.8, 4) is 0 Å². The largest absolute Gasteiger partial charge is 0.322 e. The number of hydrogen-bond donors (Lipinski definition) is 1. The van der Waals surface area contributed by atoms with E-state index in [0.29, 0.717) is 18.8 Å². The number of rotatable bonds is 6. The Morgan fingerprint density at radius 3 is 2.48 bits per heavy atom. The number of anilines is 1. The van der Waals surface area contributed by atoms with Crippen LogP contribution in [0.1, 0.15) is 5.69 Å². The van der Waals surface area contributed by atoms with Crippen LogP contribution in [-0.4, -0.2) is 48.0 Å². The van der Waals surface area contributed by atoms with Crippen molar-refractivity contribution < 1.29 is 9.18 Å². The molecule has 0 saturated heterocycles. The molecule has 0 aliphatic carbocycles. The maximum atomic E-state index is 12.9. The molecule has 1 aromatic carbocycles. The number of nitrogens with zero attached hydrogens (tertiary/aromatic N) is 3. The molecule has 0 radical (unpaired) electrons. The van der Waals surface area contributed by atoms with Gasteiger partial charge >= 0.3 is 6.03 Å². The first-order valence-electron chi connectivity index (χ1n) is 7.41. The Balaban J connectivity index is 2.05. The van der Waals surface area contributed by atoms with Crippen molar-refractivity contribution in [1.82, 2.24) is 14.8 Å². The SMILES string of the molecule is CN(C)CCN(Cc1ccccn1)C(=O)Nc1ccc(F)cc1. The predicted octanol–water partition coefficient (Wildman–Crippen LogP) is 2.82. The van der Waals surface area contributed by atoms with Crippen molar-refractivity contribution in [2.45, 2.75) is 6.54 Å². The summed E-state index contributed by atoms with van der Waals surface area (Å²) in [6.07, 6.45) is 1.71. The van der Waals surface area contributed by atoms with Gasteiger partial charge in [-0.3, -0.25) is 4.98 Å². The number of urea groups is 1. The maximum absolute atomic E-state index is 12.9. The number of amides is 2. The van der Waals surface area contributed by atoms with Crippen LogP contribution < -0.4 is 5.32 Å². The highest BCUT2D eigenvalue weighted by Crippen LogP contribution is 2.10. The quantitative estimate of drug-likeness (QED) is 0.891. The molecule has 0 fully saturated rings. The van der Waals surface area contributed by atoms with E-state index < -0.39 is 0 Å². The van der Waals surface area contributed by atoms with Gasteiger partial charge in [0.15, 0.2) is 0 Å². The third-order valence-electron chi connectivity index (χ3n) is 3.28. The molecular weight excluding hydrogens is 295 g/mol. The zero-order valence-electron chi connectivity index (χ0n) is 13.4.